The van der Waals surface area contributed by atoms with Gasteiger partial charge in [0.1, 0.15) is 5.72 Å². The van der Waals surface area contributed by atoms with E-state index in [1.54, 1.807) is 0 Å². The van der Waals surface area contributed by atoms with Crippen LogP contribution >= 0.6 is 0 Å². The number of fused-ring (bicyclic) bond motifs is 1. The van der Waals surface area contributed by atoms with Crippen LogP contribution in [0, 0.1) is 5.92 Å². The van der Waals surface area contributed by atoms with Gasteiger partial charge in [-0.15, -0.1) is 0 Å². The first-order valence-corrected chi connectivity index (χ1v) is 5.88. The molecule has 0 aromatic heterocycles. The van der Waals surface area contributed by atoms with Gasteiger partial charge in [0, 0.05) is 19.0 Å². The van der Waals surface area contributed by atoms with Crippen LogP contribution < -0.4 is 5.32 Å². The minimum atomic E-state index is 0.0553. The molecule has 1 aliphatic carbocycles. The lowest BCUT2D eigenvalue weighted by Crippen LogP contribution is -2.51. The third kappa shape index (κ3) is 1.30. The van der Waals surface area contributed by atoms with Gasteiger partial charge in [-0.05, 0) is 38.8 Å². The van der Waals surface area contributed by atoms with E-state index in [2.05, 4.69) is 17.3 Å². The van der Waals surface area contributed by atoms with E-state index < -0.39 is 0 Å². The van der Waals surface area contributed by atoms with Crippen molar-refractivity contribution >= 4 is 0 Å². The third-order valence-electron chi connectivity index (χ3n) is 4.35. The van der Waals surface area contributed by atoms with E-state index in [4.69, 9.17) is 4.74 Å². The van der Waals surface area contributed by atoms with Crippen molar-refractivity contribution in [3.63, 3.8) is 0 Å². The maximum absolute atomic E-state index is 5.90. The Bertz CT molecular complexity index is 225. The van der Waals surface area contributed by atoms with E-state index in [0.29, 0.717) is 0 Å². The van der Waals surface area contributed by atoms with Gasteiger partial charge in [-0.1, -0.05) is 0 Å². The highest BCUT2D eigenvalue weighted by Crippen LogP contribution is 2.41. The van der Waals surface area contributed by atoms with Crippen molar-refractivity contribution in [2.24, 2.45) is 5.92 Å². The molecule has 2 heterocycles. The molecule has 80 valence electrons. The van der Waals surface area contributed by atoms with Crippen LogP contribution in [0.1, 0.15) is 25.7 Å². The molecule has 3 rings (SSSR count). The fourth-order valence-electron chi connectivity index (χ4n) is 3.47. The van der Waals surface area contributed by atoms with E-state index in [0.717, 1.165) is 25.1 Å². The number of nitrogens with one attached hydrogen (secondary N) is 1. The average molecular weight is 196 g/mol. The van der Waals surface area contributed by atoms with E-state index in [1.165, 1.54) is 32.2 Å². The van der Waals surface area contributed by atoms with Crippen molar-refractivity contribution in [2.45, 2.75) is 37.5 Å². The largest absolute Gasteiger partial charge is 0.359 e. The number of nitrogens with zero attached hydrogens (tertiary/aromatic N) is 1. The smallest absolute Gasteiger partial charge is 0.120 e. The number of likely N-dealkylation sites (tertiary alicyclic amines) is 1. The topological polar surface area (TPSA) is 24.5 Å². The number of hydrogen-bond acceptors (Lipinski definition) is 3. The van der Waals surface area contributed by atoms with Crippen LogP contribution in [0.5, 0.6) is 0 Å². The SMILES string of the molecule is CN1CCC2CCC3(CC21)NCCO3. The molecule has 0 bridgehead atoms. The summed E-state index contributed by atoms with van der Waals surface area (Å²) in [6, 6.07) is 0.773. The maximum atomic E-state index is 5.90. The van der Waals surface area contributed by atoms with Crippen LogP contribution in [0.2, 0.25) is 0 Å². The van der Waals surface area contributed by atoms with E-state index in [9.17, 15) is 0 Å². The Morgan fingerprint density at radius 3 is 3.14 bits per heavy atom. The molecular weight excluding hydrogens is 176 g/mol. The first-order chi connectivity index (χ1) is 6.79. The second-order valence-corrected chi connectivity index (χ2v) is 5.11. The van der Waals surface area contributed by atoms with Crippen LogP contribution in [0.4, 0.5) is 0 Å². The Morgan fingerprint density at radius 1 is 1.43 bits per heavy atom. The Labute approximate surface area is 85.8 Å². The molecule has 3 heteroatoms. The zero-order valence-corrected chi connectivity index (χ0v) is 8.96. The van der Waals surface area contributed by atoms with Crippen LogP contribution in [0.15, 0.2) is 0 Å². The van der Waals surface area contributed by atoms with Crippen LogP contribution in [0.3, 0.4) is 0 Å². The molecule has 14 heavy (non-hydrogen) atoms. The van der Waals surface area contributed by atoms with Crippen molar-refractivity contribution in [3.8, 4) is 0 Å². The molecule has 0 amide bonds. The lowest BCUT2D eigenvalue weighted by molar-refractivity contribution is -0.0643. The zero-order chi connectivity index (χ0) is 9.60. The van der Waals surface area contributed by atoms with Crippen molar-refractivity contribution in [1.82, 2.24) is 10.2 Å². The highest BCUT2D eigenvalue weighted by molar-refractivity contribution is 4.98. The van der Waals surface area contributed by atoms with Gasteiger partial charge in [0.05, 0.1) is 6.61 Å². The van der Waals surface area contributed by atoms with Gasteiger partial charge in [-0.3, -0.25) is 5.32 Å². The molecule has 0 aromatic carbocycles. The number of rotatable bonds is 0. The molecule has 3 unspecified atom stereocenters. The quantitative estimate of drug-likeness (QED) is 0.620. The summed E-state index contributed by atoms with van der Waals surface area (Å²) >= 11 is 0. The predicted octanol–water partition coefficient (Wildman–Crippen LogP) is 0.807. The highest BCUT2D eigenvalue weighted by atomic mass is 16.5. The summed E-state index contributed by atoms with van der Waals surface area (Å²) in [6.45, 7) is 3.23. The molecule has 0 aromatic rings. The van der Waals surface area contributed by atoms with Crippen molar-refractivity contribution < 1.29 is 4.74 Å². The van der Waals surface area contributed by atoms with Gasteiger partial charge in [0.2, 0.25) is 0 Å². The normalized spacial score (nSPS) is 48.6. The summed E-state index contributed by atoms with van der Waals surface area (Å²) in [7, 11) is 2.26. The molecule has 2 aliphatic heterocycles. The molecule has 3 nitrogen and oxygen atoms in total. The lowest BCUT2D eigenvalue weighted by Gasteiger charge is -2.41. The second-order valence-electron chi connectivity index (χ2n) is 5.11. The van der Waals surface area contributed by atoms with Gasteiger partial charge in [-0.2, -0.15) is 0 Å². The summed E-state index contributed by atoms with van der Waals surface area (Å²) in [5.41, 5.74) is 0.0553. The summed E-state index contributed by atoms with van der Waals surface area (Å²) < 4.78 is 5.90. The highest BCUT2D eigenvalue weighted by Gasteiger charge is 2.46. The summed E-state index contributed by atoms with van der Waals surface area (Å²) in [5.74, 6) is 0.941. The van der Waals surface area contributed by atoms with E-state index in [-0.39, 0.29) is 5.72 Å². The van der Waals surface area contributed by atoms with Gasteiger partial charge in [0.15, 0.2) is 0 Å². The fraction of sp³-hybridized carbons (Fsp3) is 1.00. The van der Waals surface area contributed by atoms with Crippen LogP contribution in [-0.2, 0) is 4.74 Å². The molecule has 1 spiro atoms. The first-order valence-electron chi connectivity index (χ1n) is 5.88. The second kappa shape index (κ2) is 3.19. The van der Waals surface area contributed by atoms with Gasteiger partial charge in [0.25, 0.3) is 0 Å². The lowest BCUT2D eigenvalue weighted by atomic mass is 9.80. The Morgan fingerprint density at radius 2 is 2.36 bits per heavy atom. The molecule has 3 aliphatic rings. The van der Waals surface area contributed by atoms with Gasteiger partial charge in [-0.25, -0.2) is 0 Å². The van der Waals surface area contributed by atoms with Crippen molar-refractivity contribution in [3.05, 3.63) is 0 Å². The minimum absolute atomic E-state index is 0.0553. The molecule has 3 atom stereocenters. The zero-order valence-electron chi connectivity index (χ0n) is 8.96. The third-order valence-corrected chi connectivity index (χ3v) is 4.35. The maximum Gasteiger partial charge on any atom is 0.120 e. The summed E-state index contributed by atoms with van der Waals surface area (Å²) in [4.78, 5) is 2.52. The molecule has 0 radical (unpaired) electrons. The minimum Gasteiger partial charge on any atom is -0.359 e. The van der Waals surface area contributed by atoms with Crippen LogP contribution in [0.25, 0.3) is 0 Å². The molecular formula is C11H20N2O. The standard InChI is InChI=1S/C11H20N2O/c1-13-6-3-9-2-4-11(8-10(9)13)12-5-7-14-11/h9-10,12H,2-8H2,1H3. The predicted molar refractivity (Wildman–Crippen MR) is 55.1 cm³/mol. The summed E-state index contributed by atoms with van der Waals surface area (Å²) in [6.07, 6.45) is 5.18. The van der Waals surface area contributed by atoms with E-state index in [1.807, 2.05) is 0 Å². The monoisotopic (exact) mass is 196 g/mol. The first kappa shape index (κ1) is 9.13. The van der Waals surface area contributed by atoms with Crippen molar-refractivity contribution in [1.29, 1.82) is 0 Å². The van der Waals surface area contributed by atoms with E-state index >= 15 is 0 Å². The Kier molecular flexibility index (Phi) is 2.08. The molecule has 2 saturated heterocycles. The number of ether oxygens (including phenoxy) is 1. The molecule has 3 fully saturated rings. The van der Waals surface area contributed by atoms with Crippen LogP contribution in [-0.4, -0.2) is 43.4 Å². The van der Waals surface area contributed by atoms with Gasteiger partial charge >= 0.3 is 0 Å². The van der Waals surface area contributed by atoms with Crippen molar-refractivity contribution in [2.75, 3.05) is 26.7 Å². The Hall–Kier alpha value is -0.120. The average Bonchev–Trinajstić information content (AvgIpc) is 2.77. The fourth-order valence-corrected chi connectivity index (χ4v) is 3.47. The molecule has 1 N–H and O–H groups in total. The molecule has 1 saturated carbocycles. The summed E-state index contributed by atoms with van der Waals surface area (Å²) in [5, 5.41) is 3.56. The Balaban J connectivity index is 1.75. The number of hydrogen-bond donors (Lipinski definition) is 1. The van der Waals surface area contributed by atoms with Gasteiger partial charge < -0.3 is 9.64 Å².